The smallest absolute Gasteiger partial charge is 0.203 e. The molecule has 0 aliphatic carbocycles. The van der Waals surface area contributed by atoms with Crippen LogP contribution in [0.4, 0.5) is 0 Å². The number of benzene rings is 1. The number of nitrogens with zero attached hydrogens (tertiary/aromatic N) is 1. The molecule has 3 aliphatic heterocycles. The van der Waals surface area contributed by atoms with Gasteiger partial charge in [0.05, 0.1) is 27.0 Å². The van der Waals surface area contributed by atoms with Gasteiger partial charge in [-0.3, -0.25) is 4.79 Å². The highest BCUT2D eigenvalue weighted by Crippen LogP contribution is 2.39. The van der Waals surface area contributed by atoms with Crippen molar-refractivity contribution in [3.63, 3.8) is 0 Å². The molecule has 0 amide bonds. The predicted octanol–water partition coefficient (Wildman–Crippen LogP) is 2.35. The zero-order chi connectivity index (χ0) is 15.7. The Hall–Kier alpha value is -2.17. The van der Waals surface area contributed by atoms with Crippen LogP contribution in [0.25, 0.3) is 6.08 Å². The molecule has 0 spiro atoms. The standard InChI is InChI=1S/C17H21NO4/c1-20-14-9-11(10-15(21-2)17(14)22-3)8-13-16(19)12-4-6-18(13)7-5-12/h8-10,12H,4-7H2,1-3H3/b13-8-. The summed E-state index contributed by atoms with van der Waals surface area (Å²) in [6, 6.07) is 3.73. The normalized spacial score (nSPS) is 19.7. The maximum absolute atomic E-state index is 12.4. The number of hydrogen-bond acceptors (Lipinski definition) is 5. The topological polar surface area (TPSA) is 48.0 Å². The summed E-state index contributed by atoms with van der Waals surface area (Å²) in [5.41, 5.74) is 1.68. The van der Waals surface area contributed by atoms with Gasteiger partial charge >= 0.3 is 0 Å². The molecule has 0 aromatic heterocycles. The molecule has 1 aromatic carbocycles. The molecule has 0 radical (unpaired) electrons. The van der Waals surface area contributed by atoms with Gasteiger partial charge in [0.25, 0.3) is 0 Å². The number of ether oxygens (including phenoxy) is 3. The van der Waals surface area contributed by atoms with Gasteiger partial charge in [-0.1, -0.05) is 0 Å². The van der Waals surface area contributed by atoms with Crippen molar-refractivity contribution < 1.29 is 19.0 Å². The van der Waals surface area contributed by atoms with Crippen molar-refractivity contribution in [1.29, 1.82) is 0 Å². The lowest BCUT2D eigenvalue weighted by Crippen LogP contribution is -2.45. The molecular weight excluding hydrogens is 282 g/mol. The van der Waals surface area contributed by atoms with Crippen molar-refractivity contribution in [3.05, 3.63) is 23.4 Å². The Balaban J connectivity index is 2.01. The van der Waals surface area contributed by atoms with E-state index in [0.717, 1.165) is 37.2 Å². The van der Waals surface area contributed by atoms with Crippen LogP contribution in [0, 0.1) is 5.92 Å². The number of Topliss-reactive ketones (excluding diaryl/α,β-unsaturated/α-hetero) is 1. The number of carbonyl (C=O) groups is 1. The van der Waals surface area contributed by atoms with Crippen molar-refractivity contribution in [2.75, 3.05) is 34.4 Å². The number of allylic oxidation sites excluding steroid dienone is 1. The lowest BCUT2D eigenvalue weighted by molar-refractivity contribution is -0.125. The van der Waals surface area contributed by atoms with E-state index >= 15 is 0 Å². The third-order valence-electron chi connectivity index (χ3n) is 4.45. The van der Waals surface area contributed by atoms with Crippen LogP contribution in [-0.4, -0.2) is 45.1 Å². The van der Waals surface area contributed by atoms with E-state index in [1.54, 1.807) is 21.3 Å². The first-order valence-electron chi connectivity index (χ1n) is 7.48. The van der Waals surface area contributed by atoms with Crippen LogP contribution in [0.5, 0.6) is 17.2 Å². The molecular formula is C17H21NO4. The second kappa shape index (κ2) is 5.91. The van der Waals surface area contributed by atoms with E-state index in [-0.39, 0.29) is 11.7 Å². The van der Waals surface area contributed by atoms with Crippen molar-refractivity contribution in [1.82, 2.24) is 4.90 Å². The van der Waals surface area contributed by atoms with Crippen LogP contribution in [-0.2, 0) is 4.79 Å². The van der Waals surface area contributed by atoms with Crippen LogP contribution in [0.2, 0.25) is 0 Å². The number of methoxy groups -OCH3 is 3. The number of piperidine rings is 3. The third kappa shape index (κ3) is 2.40. The Kier molecular flexibility index (Phi) is 3.96. The fourth-order valence-corrected chi connectivity index (χ4v) is 3.25. The summed E-state index contributed by atoms with van der Waals surface area (Å²) in [5.74, 6) is 2.20. The maximum Gasteiger partial charge on any atom is 0.203 e. The number of rotatable bonds is 4. The number of ketones is 1. The third-order valence-corrected chi connectivity index (χ3v) is 4.45. The lowest BCUT2D eigenvalue weighted by Gasteiger charge is -2.41. The van der Waals surface area contributed by atoms with E-state index in [1.165, 1.54) is 0 Å². The largest absolute Gasteiger partial charge is 0.493 e. The second-order valence-electron chi connectivity index (χ2n) is 5.61. The van der Waals surface area contributed by atoms with Crippen LogP contribution in [0.1, 0.15) is 18.4 Å². The van der Waals surface area contributed by atoms with Gasteiger partial charge < -0.3 is 19.1 Å². The molecule has 0 unspecified atom stereocenters. The Labute approximate surface area is 130 Å². The molecule has 3 fully saturated rings. The van der Waals surface area contributed by atoms with Gasteiger partial charge in [0, 0.05) is 19.0 Å². The molecule has 5 heteroatoms. The van der Waals surface area contributed by atoms with Crippen LogP contribution < -0.4 is 14.2 Å². The van der Waals surface area contributed by atoms with E-state index < -0.39 is 0 Å². The van der Waals surface area contributed by atoms with Gasteiger partial charge in [-0.05, 0) is 36.6 Å². The first-order chi connectivity index (χ1) is 10.7. The van der Waals surface area contributed by atoms with E-state index in [2.05, 4.69) is 4.90 Å². The lowest BCUT2D eigenvalue weighted by atomic mass is 9.84. The SMILES string of the molecule is COc1cc(/C=C2/C(=O)C3CCN2CC3)cc(OC)c1OC. The second-order valence-corrected chi connectivity index (χ2v) is 5.61. The quantitative estimate of drug-likeness (QED) is 0.799. The van der Waals surface area contributed by atoms with Crippen LogP contribution in [0.3, 0.4) is 0 Å². The minimum atomic E-state index is 0.193. The molecule has 3 heterocycles. The van der Waals surface area contributed by atoms with Gasteiger partial charge in [0.1, 0.15) is 0 Å². The first-order valence-corrected chi connectivity index (χ1v) is 7.48. The Morgan fingerprint density at radius 1 is 1.05 bits per heavy atom. The summed E-state index contributed by atoms with van der Waals surface area (Å²) in [6.45, 7) is 1.93. The fourth-order valence-electron chi connectivity index (χ4n) is 3.25. The minimum absolute atomic E-state index is 0.193. The van der Waals surface area contributed by atoms with Crippen LogP contribution in [0.15, 0.2) is 17.8 Å². The first kappa shape index (κ1) is 14.8. The molecule has 5 nitrogen and oxygen atoms in total. The predicted molar refractivity (Wildman–Crippen MR) is 83.4 cm³/mol. The van der Waals surface area contributed by atoms with Crippen LogP contribution >= 0.6 is 0 Å². The summed E-state index contributed by atoms with van der Waals surface area (Å²) in [6.07, 6.45) is 3.88. The highest BCUT2D eigenvalue weighted by Gasteiger charge is 2.36. The number of carbonyl (C=O) groups excluding carboxylic acids is 1. The monoisotopic (exact) mass is 303 g/mol. The minimum Gasteiger partial charge on any atom is -0.493 e. The van der Waals surface area contributed by atoms with Gasteiger partial charge in [0.15, 0.2) is 17.3 Å². The molecule has 0 atom stereocenters. The van der Waals surface area contributed by atoms with Crippen molar-refractivity contribution in [2.24, 2.45) is 5.92 Å². The van der Waals surface area contributed by atoms with E-state index in [4.69, 9.17) is 14.2 Å². The summed E-state index contributed by atoms with van der Waals surface area (Å²) in [7, 11) is 4.75. The van der Waals surface area contributed by atoms with Gasteiger partial charge in [-0.2, -0.15) is 0 Å². The summed E-state index contributed by atoms with van der Waals surface area (Å²) in [4.78, 5) is 14.6. The average molecular weight is 303 g/mol. The Bertz CT molecular complexity index is 590. The molecule has 4 rings (SSSR count). The molecule has 0 N–H and O–H groups in total. The summed E-state index contributed by atoms with van der Waals surface area (Å²) in [5, 5.41) is 0. The highest BCUT2D eigenvalue weighted by atomic mass is 16.5. The number of hydrogen-bond donors (Lipinski definition) is 0. The number of fused-ring (bicyclic) bond motifs is 3. The summed E-state index contributed by atoms with van der Waals surface area (Å²) < 4.78 is 16.1. The molecule has 1 aromatic rings. The van der Waals surface area contributed by atoms with Gasteiger partial charge in [-0.25, -0.2) is 0 Å². The van der Waals surface area contributed by atoms with Crippen molar-refractivity contribution in [2.45, 2.75) is 12.8 Å². The van der Waals surface area contributed by atoms with E-state index in [1.807, 2.05) is 18.2 Å². The van der Waals surface area contributed by atoms with Gasteiger partial charge in [-0.15, -0.1) is 0 Å². The average Bonchev–Trinajstić information content (AvgIpc) is 2.57. The van der Waals surface area contributed by atoms with E-state index in [9.17, 15) is 4.79 Å². The molecule has 118 valence electrons. The molecule has 22 heavy (non-hydrogen) atoms. The molecule has 3 aliphatic rings. The van der Waals surface area contributed by atoms with Gasteiger partial charge in [0.2, 0.25) is 5.75 Å². The molecule has 2 bridgehead atoms. The fraction of sp³-hybridized carbons (Fsp3) is 0.471. The Morgan fingerprint density at radius 3 is 2.09 bits per heavy atom. The van der Waals surface area contributed by atoms with Crippen molar-refractivity contribution >= 4 is 11.9 Å². The zero-order valence-electron chi connectivity index (χ0n) is 13.2. The molecule has 3 saturated heterocycles. The maximum atomic E-state index is 12.4. The highest BCUT2D eigenvalue weighted by molar-refractivity contribution is 6.02. The Morgan fingerprint density at radius 2 is 1.64 bits per heavy atom. The van der Waals surface area contributed by atoms with Crippen molar-refractivity contribution in [3.8, 4) is 17.2 Å². The van der Waals surface area contributed by atoms with E-state index in [0.29, 0.717) is 17.2 Å². The summed E-state index contributed by atoms with van der Waals surface area (Å²) >= 11 is 0. The molecule has 0 saturated carbocycles. The zero-order valence-corrected chi connectivity index (χ0v) is 13.2.